The third-order valence-corrected chi connectivity index (χ3v) is 5.41. The van der Waals surface area contributed by atoms with Gasteiger partial charge in [0.1, 0.15) is 10.8 Å². The molecule has 1 heterocycles. The summed E-state index contributed by atoms with van der Waals surface area (Å²) < 4.78 is 39.5. The first kappa shape index (κ1) is 19.1. The number of benzene rings is 1. The highest BCUT2D eigenvalue weighted by atomic mass is 32.1. The van der Waals surface area contributed by atoms with Crippen LogP contribution in [-0.2, 0) is 23.8 Å². The Balaban J connectivity index is 2.00. The van der Waals surface area contributed by atoms with E-state index in [1.165, 1.54) is 19.2 Å². The number of thiophene rings is 1. The van der Waals surface area contributed by atoms with Crippen LogP contribution in [0.5, 0.6) is 0 Å². The molecule has 142 valence electrons. The molecule has 0 saturated carbocycles. The topological polar surface area (TPSA) is 75.3 Å². The Kier molecular flexibility index (Phi) is 5.05. The number of amides is 2. The first-order chi connectivity index (χ1) is 12.7. The normalized spacial score (nSPS) is 13.9. The Morgan fingerprint density at radius 2 is 1.81 bits per heavy atom. The monoisotopic (exact) mass is 396 g/mol. The van der Waals surface area contributed by atoms with E-state index in [1.54, 1.807) is 0 Å². The zero-order valence-electron chi connectivity index (χ0n) is 14.2. The van der Waals surface area contributed by atoms with E-state index < -0.39 is 29.1 Å². The summed E-state index contributed by atoms with van der Waals surface area (Å²) in [5.41, 5.74) is -0.711. The fourth-order valence-corrected chi connectivity index (χ4v) is 4.27. The minimum atomic E-state index is -4.68. The molecule has 0 fully saturated rings. The number of ketones is 1. The fraction of sp³-hybridized carbons (Fsp3) is 0.278. The summed E-state index contributed by atoms with van der Waals surface area (Å²) in [6.07, 6.45) is -3.88. The lowest BCUT2D eigenvalue weighted by Gasteiger charge is -2.13. The zero-order valence-corrected chi connectivity index (χ0v) is 15.0. The average molecular weight is 396 g/mol. The lowest BCUT2D eigenvalue weighted by Crippen LogP contribution is -2.23. The summed E-state index contributed by atoms with van der Waals surface area (Å²) in [6.45, 7) is 0. The van der Waals surface area contributed by atoms with Crippen molar-refractivity contribution in [2.75, 3.05) is 12.4 Å². The van der Waals surface area contributed by atoms with E-state index in [0.717, 1.165) is 23.5 Å². The fourth-order valence-electron chi connectivity index (χ4n) is 3.00. The van der Waals surface area contributed by atoms with Crippen LogP contribution in [0.15, 0.2) is 24.3 Å². The van der Waals surface area contributed by atoms with E-state index >= 15 is 0 Å². The second-order valence-corrected chi connectivity index (χ2v) is 7.11. The molecular weight excluding hydrogens is 381 g/mol. The number of nitrogens with one attached hydrogen (secondary N) is 2. The maximum atomic E-state index is 13.2. The van der Waals surface area contributed by atoms with Gasteiger partial charge in [0.25, 0.3) is 11.8 Å². The molecule has 0 saturated heterocycles. The maximum Gasteiger partial charge on any atom is 0.417 e. The predicted octanol–water partition coefficient (Wildman–Crippen LogP) is 3.44. The van der Waals surface area contributed by atoms with Crippen LogP contribution in [0.2, 0.25) is 0 Å². The number of carbonyl (C=O) groups excluding carboxylic acids is 3. The SMILES string of the molecule is CNC(=O)c1c(NC(=O)c2ccccc2C(F)(F)F)sc2c1CCC(=O)C2. The summed E-state index contributed by atoms with van der Waals surface area (Å²) in [7, 11) is 1.42. The molecule has 0 bridgehead atoms. The van der Waals surface area contributed by atoms with Gasteiger partial charge in [-0.3, -0.25) is 14.4 Å². The molecule has 9 heteroatoms. The number of Topliss-reactive ketones (excluding diaryl/α,β-unsaturated/α-hetero) is 1. The number of rotatable bonds is 3. The van der Waals surface area contributed by atoms with Crippen LogP contribution >= 0.6 is 11.3 Å². The predicted molar refractivity (Wildman–Crippen MR) is 94.1 cm³/mol. The molecule has 2 N–H and O–H groups in total. The van der Waals surface area contributed by atoms with E-state index in [9.17, 15) is 27.6 Å². The molecular formula is C18H15F3N2O3S. The van der Waals surface area contributed by atoms with Crippen molar-refractivity contribution >= 4 is 33.9 Å². The van der Waals surface area contributed by atoms with Crippen molar-refractivity contribution in [3.63, 3.8) is 0 Å². The van der Waals surface area contributed by atoms with Gasteiger partial charge < -0.3 is 10.6 Å². The molecule has 27 heavy (non-hydrogen) atoms. The van der Waals surface area contributed by atoms with E-state index in [0.29, 0.717) is 16.9 Å². The molecule has 1 aromatic carbocycles. The van der Waals surface area contributed by atoms with Crippen LogP contribution in [0.3, 0.4) is 0 Å². The van der Waals surface area contributed by atoms with Crippen molar-refractivity contribution in [3.05, 3.63) is 51.4 Å². The number of alkyl halides is 3. The molecule has 1 aliphatic rings. The number of halogens is 3. The van der Waals surface area contributed by atoms with Gasteiger partial charge in [0.05, 0.1) is 16.7 Å². The quantitative estimate of drug-likeness (QED) is 0.835. The van der Waals surface area contributed by atoms with Gasteiger partial charge in [0.2, 0.25) is 0 Å². The molecule has 0 atom stereocenters. The number of hydrogen-bond donors (Lipinski definition) is 2. The van der Waals surface area contributed by atoms with Crippen LogP contribution in [0.4, 0.5) is 18.2 Å². The number of hydrogen-bond acceptors (Lipinski definition) is 4. The molecule has 3 rings (SSSR count). The molecule has 0 unspecified atom stereocenters. The van der Waals surface area contributed by atoms with Gasteiger partial charge in [-0.2, -0.15) is 13.2 Å². The first-order valence-corrected chi connectivity index (χ1v) is 8.90. The third kappa shape index (κ3) is 3.73. The van der Waals surface area contributed by atoms with Crippen LogP contribution < -0.4 is 10.6 Å². The van der Waals surface area contributed by atoms with Crippen LogP contribution in [0.1, 0.15) is 43.1 Å². The van der Waals surface area contributed by atoms with Gasteiger partial charge >= 0.3 is 6.18 Å². The molecule has 1 aromatic heterocycles. The van der Waals surface area contributed by atoms with Gasteiger partial charge in [-0.05, 0) is 24.1 Å². The average Bonchev–Trinajstić information content (AvgIpc) is 2.97. The molecule has 0 spiro atoms. The molecule has 0 radical (unpaired) electrons. The van der Waals surface area contributed by atoms with Crippen LogP contribution in [0, 0.1) is 0 Å². The van der Waals surface area contributed by atoms with Crippen LogP contribution in [0.25, 0.3) is 0 Å². The summed E-state index contributed by atoms with van der Waals surface area (Å²) in [4.78, 5) is 37.1. The first-order valence-electron chi connectivity index (χ1n) is 8.08. The van der Waals surface area contributed by atoms with Crippen molar-refractivity contribution in [2.24, 2.45) is 0 Å². The van der Waals surface area contributed by atoms with E-state index in [-0.39, 0.29) is 29.2 Å². The number of carbonyl (C=O) groups is 3. The van der Waals surface area contributed by atoms with Crippen molar-refractivity contribution in [2.45, 2.75) is 25.4 Å². The summed E-state index contributed by atoms with van der Waals surface area (Å²) >= 11 is 1.05. The second-order valence-electron chi connectivity index (χ2n) is 6.00. The molecule has 0 aliphatic heterocycles. The Morgan fingerprint density at radius 3 is 2.48 bits per heavy atom. The maximum absolute atomic E-state index is 13.2. The molecule has 5 nitrogen and oxygen atoms in total. The second kappa shape index (κ2) is 7.15. The van der Waals surface area contributed by atoms with E-state index in [1.807, 2.05) is 0 Å². The Bertz CT molecular complexity index is 934. The standard InChI is InChI=1S/C18H15F3N2O3S/c1-22-16(26)14-11-7-6-9(24)8-13(11)27-17(14)23-15(25)10-4-2-3-5-12(10)18(19,20)21/h2-5H,6-8H2,1H3,(H,22,26)(H,23,25). The van der Waals surface area contributed by atoms with Gasteiger partial charge in [-0.15, -0.1) is 11.3 Å². The van der Waals surface area contributed by atoms with Crippen molar-refractivity contribution < 1.29 is 27.6 Å². The summed E-state index contributed by atoms with van der Waals surface area (Å²) in [5, 5.41) is 5.05. The minimum Gasteiger partial charge on any atom is -0.355 e. The van der Waals surface area contributed by atoms with Gasteiger partial charge in [0, 0.05) is 24.8 Å². The summed E-state index contributed by atoms with van der Waals surface area (Å²) in [6, 6.07) is 4.44. The largest absolute Gasteiger partial charge is 0.417 e. The minimum absolute atomic E-state index is 0.0208. The number of anilines is 1. The Morgan fingerprint density at radius 1 is 1.11 bits per heavy atom. The summed E-state index contributed by atoms with van der Waals surface area (Å²) in [5.74, 6) is -1.40. The van der Waals surface area contributed by atoms with E-state index in [2.05, 4.69) is 10.6 Å². The molecule has 1 aliphatic carbocycles. The smallest absolute Gasteiger partial charge is 0.355 e. The van der Waals surface area contributed by atoms with E-state index in [4.69, 9.17) is 0 Å². The van der Waals surface area contributed by atoms with Crippen molar-refractivity contribution in [3.8, 4) is 0 Å². The molecule has 2 aromatic rings. The van der Waals surface area contributed by atoms with Crippen molar-refractivity contribution in [1.82, 2.24) is 5.32 Å². The Hall–Kier alpha value is -2.68. The molecule has 2 amide bonds. The highest BCUT2D eigenvalue weighted by molar-refractivity contribution is 7.17. The third-order valence-electron chi connectivity index (χ3n) is 4.26. The Labute approximate surface area is 156 Å². The lowest BCUT2D eigenvalue weighted by molar-refractivity contribution is -0.137. The zero-order chi connectivity index (χ0) is 19.8. The van der Waals surface area contributed by atoms with Crippen molar-refractivity contribution in [1.29, 1.82) is 0 Å². The van der Waals surface area contributed by atoms with Gasteiger partial charge in [0.15, 0.2) is 0 Å². The number of fused-ring (bicyclic) bond motifs is 1. The lowest BCUT2D eigenvalue weighted by atomic mass is 9.94. The van der Waals surface area contributed by atoms with Gasteiger partial charge in [-0.1, -0.05) is 12.1 Å². The highest BCUT2D eigenvalue weighted by Crippen LogP contribution is 2.38. The van der Waals surface area contributed by atoms with Crippen LogP contribution in [-0.4, -0.2) is 24.6 Å². The highest BCUT2D eigenvalue weighted by Gasteiger charge is 2.35. The van der Waals surface area contributed by atoms with Gasteiger partial charge in [-0.25, -0.2) is 0 Å².